The molecule has 0 aliphatic carbocycles. The highest BCUT2D eigenvalue weighted by molar-refractivity contribution is 7.98. The Hall–Kier alpha value is -4.00. The lowest BCUT2D eigenvalue weighted by Gasteiger charge is -2.37. The molecule has 3 aliphatic rings. The predicted molar refractivity (Wildman–Crippen MR) is 172 cm³/mol. The van der Waals surface area contributed by atoms with Gasteiger partial charge in [-0.1, -0.05) is 31.2 Å². The van der Waals surface area contributed by atoms with E-state index in [-0.39, 0.29) is 41.7 Å². The first-order chi connectivity index (χ1) is 21.7. The molecule has 0 saturated heterocycles. The van der Waals surface area contributed by atoms with Gasteiger partial charge in [-0.15, -0.1) is 10.3 Å². The number of hydroxylamine groups is 2. The number of hydrogen-bond acceptors (Lipinski definition) is 9. The molecule has 2 aromatic heterocycles. The van der Waals surface area contributed by atoms with E-state index in [1.165, 1.54) is 11.8 Å². The van der Waals surface area contributed by atoms with Gasteiger partial charge in [-0.05, 0) is 70.7 Å². The molecule has 6 rings (SSSR count). The lowest BCUT2D eigenvalue weighted by atomic mass is 9.85. The fourth-order valence-corrected chi connectivity index (χ4v) is 7.28. The number of ether oxygens (including phenoxy) is 2. The summed E-state index contributed by atoms with van der Waals surface area (Å²) in [6.07, 6.45) is 3.68. The molecule has 5 heterocycles. The van der Waals surface area contributed by atoms with Crippen LogP contribution >= 0.6 is 11.8 Å². The maximum absolute atomic E-state index is 14.0. The molecule has 1 aromatic carbocycles. The Balaban J connectivity index is 1.37. The number of cyclic esters (lactones) is 1. The van der Waals surface area contributed by atoms with Crippen molar-refractivity contribution in [1.82, 2.24) is 19.9 Å². The Bertz CT molecular complexity index is 1880. The number of esters is 2. The lowest BCUT2D eigenvalue weighted by molar-refractivity contribution is -0.238. The number of para-hydroxylation sites is 1. The van der Waals surface area contributed by atoms with E-state index >= 15 is 0 Å². The van der Waals surface area contributed by atoms with Crippen LogP contribution in [0.25, 0.3) is 22.3 Å². The van der Waals surface area contributed by atoms with E-state index in [0.29, 0.717) is 23.7 Å². The number of thioether (sulfide) groups is 1. The minimum atomic E-state index is -1.92. The highest BCUT2D eigenvalue weighted by Crippen LogP contribution is 2.42. The van der Waals surface area contributed by atoms with Gasteiger partial charge in [0.1, 0.15) is 12.6 Å². The smallest absolute Gasteiger partial charge is 0.355 e. The summed E-state index contributed by atoms with van der Waals surface area (Å²) in [5.74, 6) is -1.69. The van der Waals surface area contributed by atoms with Gasteiger partial charge in [0.25, 0.3) is 5.56 Å². The van der Waals surface area contributed by atoms with E-state index in [9.17, 15) is 24.4 Å². The third-order valence-corrected chi connectivity index (χ3v) is 9.94. The molecule has 11 nitrogen and oxygen atoms in total. The molecule has 46 heavy (non-hydrogen) atoms. The van der Waals surface area contributed by atoms with E-state index in [1.54, 1.807) is 51.3 Å². The van der Waals surface area contributed by atoms with Crippen LogP contribution in [0.1, 0.15) is 64.2 Å². The Morgan fingerprint density at radius 1 is 1.15 bits per heavy atom. The van der Waals surface area contributed by atoms with Crippen LogP contribution in [0, 0.1) is 0 Å². The van der Waals surface area contributed by atoms with Gasteiger partial charge in [0.05, 0.1) is 40.1 Å². The summed E-state index contributed by atoms with van der Waals surface area (Å²) in [5, 5.41) is 17.5. The Morgan fingerprint density at radius 3 is 2.57 bits per heavy atom. The summed E-state index contributed by atoms with van der Waals surface area (Å²) in [7, 11) is 0. The van der Waals surface area contributed by atoms with E-state index in [0.717, 1.165) is 21.5 Å². The summed E-state index contributed by atoms with van der Waals surface area (Å²) in [5.41, 5.74) is -0.779. The fraction of sp³-hybridized carbons (Fsp3) is 0.441. The number of pyridine rings is 2. The number of carbonyl (C=O) groups excluding carboxylic acids is 3. The maximum Gasteiger partial charge on any atom is 0.355 e. The van der Waals surface area contributed by atoms with Gasteiger partial charge in [0.15, 0.2) is 0 Å². The third-order valence-electron chi connectivity index (χ3n) is 9.29. The summed E-state index contributed by atoms with van der Waals surface area (Å²) in [6, 6.07) is 10.3. The van der Waals surface area contributed by atoms with Crippen molar-refractivity contribution in [2.75, 3.05) is 12.0 Å². The molecule has 0 spiro atoms. The van der Waals surface area contributed by atoms with E-state index in [2.05, 4.69) is 5.32 Å². The molecule has 1 radical (unpaired) electrons. The zero-order valence-electron chi connectivity index (χ0n) is 26.8. The number of nitrogens with zero attached hydrogens (tertiary/aromatic N) is 3. The van der Waals surface area contributed by atoms with Crippen molar-refractivity contribution in [3.05, 3.63) is 75.1 Å². The minimum absolute atomic E-state index is 0.00776. The van der Waals surface area contributed by atoms with Gasteiger partial charge in [0, 0.05) is 22.1 Å². The van der Waals surface area contributed by atoms with Crippen molar-refractivity contribution < 1.29 is 29.1 Å². The van der Waals surface area contributed by atoms with Crippen molar-refractivity contribution in [2.45, 2.75) is 83.3 Å². The van der Waals surface area contributed by atoms with Crippen molar-refractivity contribution >= 4 is 40.5 Å². The Kier molecular flexibility index (Phi) is 7.89. The number of carbonyl (C=O) groups is 3. The molecule has 3 aromatic rings. The quantitative estimate of drug-likeness (QED) is 0.282. The van der Waals surface area contributed by atoms with Gasteiger partial charge >= 0.3 is 11.9 Å². The first-order valence-electron chi connectivity index (χ1n) is 15.3. The number of hydrogen-bond donors (Lipinski definition) is 1. The monoisotopic (exact) mass is 645 g/mol. The lowest BCUT2D eigenvalue weighted by Crippen LogP contribution is -2.53. The molecule has 0 unspecified atom stereocenters. The van der Waals surface area contributed by atoms with Crippen LogP contribution < -0.4 is 10.9 Å². The molecule has 241 valence electrons. The number of fused-ring (bicyclic) bond motifs is 5. The first kappa shape index (κ1) is 32.0. The van der Waals surface area contributed by atoms with Crippen LogP contribution in [0.2, 0.25) is 0 Å². The van der Waals surface area contributed by atoms with Gasteiger partial charge in [-0.25, -0.2) is 14.6 Å². The van der Waals surface area contributed by atoms with Crippen LogP contribution in [-0.2, 0) is 47.8 Å². The average molecular weight is 646 g/mol. The molecule has 1 N–H and O–H groups in total. The van der Waals surface area contributed by atoms with Crippen molar-refractivity contribution in [2.24, 2.45) is 0 Å². The molecule has 1 amide bonds. The summed E-state index contributed by atoms with van der Waals surface area (Å²) in [6.45, 7) is 8.49. The normalized spacial score (nSPS) is 21.5. The largest absolute Gasteiger partial charge is 0.457 e. The van der Waals surface area contributed by atoms with E-state index < -0.39 is 40.6 Å². The molecule has 12 heteroatoms. The second-order valence-electron chi connectivity index (χ2n) is 13.1. The molecular weight excluding hydrogens is 608 g/mol. The number of amides is 1. The van der Waals surface area contributed by atoms with Crippen LogP contribution in [0.15, 0.2) is 52.8 Å². The number of nitrogens with one attached hydrogen (secondary N) is 1. The molecular formula is C34H37N4O7S. The van der Waals surface area contributed by atoms with Crippen LogP contribution in [0.5, 0.6) is 0 Å². The number of aromatic nitrogens is 2. The summed E-state index contributed by atoms with van der Waals surface area (Å²) in [4.78, 5) is 59.8. The average Bonchev–Trinajstić information content (AvgIpc) is 3.46. The fourth-order valence-electron chi connectivity index (χ4n) is 6.81. The Labute approximate surface area is 270 Å². The zero-order valence-corrected chi connectivity index (χ0v) is 27.6. The van der Waals surface area contributed by atoms with E-state index in [1.807, 2.05) is 36.6 Å². The first-order valence-corrected chi connectivity index (χ1v) is 16.7. The predicted octanol–water partition coefficient (Wildman–Crippen LogP) is 4.01. The highest BCUT2D eigenvalue weighted by atomic mass is 32.2. The molecule has 0 fully saturated rings. The Morgan fingerprint density at radius 2 is 1.89 bits per heavy atom. The van der Waals surface area contributed by atoms with Gasteiger partial charge in [-0.2, -0.15) is 11.8 Å². The summed E-state index contributed by atoms with van der Waals surface area (Å²) >= 11 is 1.48. The van der Waals surface area contributed by atoms with Crippen molar-refractivity contribution in [1.29, 1.82) is 0 Å². The second kappa shape index (κ2) is 11.4. The molecule has 3 aliphatic heterocycles. The SMILES string of the molecule is CC[C@@]1(OC(=O)[C@H](CCSC)NC(=O)C2=CC(C)(C)N([O])C2(C)C)C(=O)OCc2c1cc1n(c2=O)Cc2cc3ccccc3nc2-1. The van der Waals surface area contributed by atoms with Crippen LogP contribution in [0.4, 0.5) is 0 Å². The van der Waals surface area contributed by atoms with Crippen molar-refractivity contribution in [3.8, 4) is 11.4 Å². The molecule has 2 atom stereocenters. The topological polar surface area (TPSA) is 140 Å². The molecule has 0 bridgehead atoms. The zero-order chi connectivity index (χ0) is 33.2. The summed E-state index contributed by atoms with van der Waals surface area (Å²) < 4.78 is 13.2. The van der Waals surface area contributed by atoms with Crippen LogP contribution in [-0.4, -0.2) is 61.6 Å². The van der Waals surface area contributed by atoms with Gasteiger partial charge < -0.3 is 19.4 Å². The van der Waals surface area contributed by atoms with E-state index in [4.69, 9.17) is 14.5 Å². The molecule has 0 saturated carbocycles. The standard InChI is InChI=1S/C34H37N4O7S/c1-7-34(45-30(41)25(12-13-46-6)36-28(39)23-16-32(2,3)38(43)33(23,4)5)22-15-26-27-20(14-19-10-8-9-11-24(19)35-27)17-37(26)29(40)21(22)18-44-31(34)42/h8-11,14-16,25H,7,12-13,17-18H2,1-6H3,(H,36,39)/t25-,34-/m0/s1. The maximum atomic E-state index is 14.0. The highest BCUT2D eigenvalue weighted by Gasteiger charge is 2.52. The number of rotatable bonds is 8. The second-order valence-corrected chi connectivity index (χ2v) is 14.0. The van der Waals surface area contributed by atoms with Gasteiger partial charge in [-0.3, -0.25) is 9.59 Å². The van der Waals surface area contributed by atoms with Gasteiger partial charge in [0.2, 0.25) is 11.5 Å². The third kappa shape index (κ3) is 4.94. The van der Waals surface area contributed by atoms with Crippen molar-refractivity contribution in [3.63, 3.8) is 0 Å². The number of benzene rings is 1. The minimum Gasteiger partial charge on any atom is -0.457 e. The van der Waals surface area contributed by atoms with Crippen LogP contribution in [0.3, 0.4) is 0 Å².